The monoisotopic (exact) mass is 472 g/mol. The second kappa shape index (κ2) is 10.7. The molecule has 0 N–H and O–H groups in total. The molecule has 0 aromatic heterocycles. The van der Waals surface area contributed by atoms with Crippen molar-refractivity contribution in [2.75, 3.05) is 0 Å². The molecule has 0 aliphatic heterocycles. The number of benzene rings is 5. The van der Waals surface area contributed by atoms with Gasteiger partial charge in [-0.25, -0.2) is 18.8 Å². The molecule has 4 heteroatoms. The Morgan fingerprint density at radius 1 is 0.361 bits per heavy atom. The molecule has 5 aromatic carbocycles. The Morgan fingerprint density at radius 2 is 0.667 bits per heavy atom. The fraction of sp³-hybridized carbons (Fsp3) is 0. The third-order valence-corrected chi connectivity index (χ3v) is 5.66. The first-order chi connectivity index (χ1) is 17.7. The van der Waals surface area contributed by atoms with Crippen molar-refractivity contribution >= 4 is 22.8 Å². The predicted molar refractivity (Wildman–Crippen MR) is 143 cm³/mol. The molecule has 36 heavy (non-hydrogen) atoms. The third kappa shape index (κ3) is 5.50. The fourth-order valence-corrected chi connectivity index (χ4v) is 3.86. The minimum absolute atomic E-state index is 0.288. The first-order valence-corrected chi connectivity index (χ1v) is 11.6. The van der Waals surface area contributed by atoms with Gasteiger partial charge in [-0.05, 0) is 72.8 Å². The summed E-state index contributed by atoms with van der Waals surface area (Å²) in [6.07, 6.45) is 0. The van der Waals surface area contributed by atoms with Gasteiger partial charge < -0.3 is 0 Å². The van der Waals surface area contributed by atoms with E-state index in [0.29, 0.717) is 0 Å². The van der Waals surface area contributed by atoms with E-state index in [1.165, 1.54) is 24.3 Å². The van der Waals surface area contributed by atoms with Crippen molar-refractivity contribution in [3.8, 4) is 0 Å². The summed E-state index contributed by atoms with van der Waals surface area (Å²) in [5.41, 5.74) is 6.54. The van der Waals surface area contributed by atoms with Crippen LogP contribution < -0.4 is 0 Å². The van der Waals surface area contributed by atoms with E-state index in [1.807, 2.05) is 84.9 Å². The van der Waals surface area contributed by atoms with E-state index in [9.17, 15) is 8.78 Å². The average Bonchev–Trinajstić information content (AvgIpc) is 2.93. The van der Waals surface area contributed by atoms with Gasteiger partial charge in [0, 0.05) is 22.3 Å². The molecule has 174 valence electrons. The Bertz CT molecular complexity index is 1370. The van der Waals surface area contributed by atoms with Crippen molar-refractivity contribution in [3.63, 3.8) is 0 Å². The number of aliphatic imine (C=N–C) groups is 2. The minimum atomic E-state index is -0.288. The van der Waals surface area contributed by atoms with E-state index in [2.05, 4.69) is 0 Å². The van der Waals surface area contributed by atoms with Crippen LogP contribution in [0.15, 0.2) is 143 Å². The lowest BCUT2D eigenvalue weighted by Gasteiger charge is -2.09. The standard InChI is InChI=1S/C32H22F2N2/c33-27-15-11-25(12-16-27)31(23-7-3-1-4-8-23)35-29-19-21-30(22-20-29)36-32(24-9-5-2-6-10-24)26-13-17-28(34)18-14-26/h1-22H. The van der Waals surface area contributed by atoms with Gasteiger partial charge in [0.15, 0.2) is 0 Å². The third-order valence-electron chi connectivity index (χ3n) is 5.66. The molecule has 0 radical (unpaired) electrons. The van der Waals surface area contributed by atoms with Crippen LogP contribution in [0.3, 0.4) is 0 Å². The van der Waals surface area contributed by atoms with Crippen molar-refractivity contribution < 1.29 is 8.78 Å². The maximum absolute atomic E-state index is 13.5. The second-order valence-corrected chi connectivity index (χ2v) is 8.18. The average molecular weight is 473 g/mol. The van der Waals surface area contributed by atoms with Crippen LogP contribution in [-0.2, 0) is 0 Å². The van der Waals surface area contributed by atoms with Crippen LogP contribution in [0.4, 0.5) is 20.2 Å². The Hall–Kier alpha value is -4.70. The van der Waals surface area contributed by atoms with Gasteiger partial charge in [0.2, 0.25) is 0 Å². The molecule has 0 amide bonds. The lowest BCUT2D eigenvalue weighted by atomic mass is 10.0. The summed E-state index contributed by atoms with van der Waals surface area (Å²) in [4.78, 5) is 9.76. The molecule has 5 aromatic rings. The summed E-state index contributed by atoms with van der Waals surface area (Å²) in [7, 11) is 0. The zero-order valence-corrected chi connectivity index (χ0v) is 19.4. The van der Waals surface area contributed by atoms with Crippen LogP contribution >= 0.6 is 0 Å². The summed E-state index contributed by atoms with van der Waals surface area (Å²) < 4.78 is 27.0. The van der Waals surface area contributed by atoms with Crippen LogP contribution in [0, 0.1) is 11.6 Å². The van der Waals surface area contributed by atoms with Crippen molar-refractivity contribution in [1.82, 2.24) is 0 Å². The zero-order valence-electron chi connectivity index (χ0n) is 19.4. The van der Waals surface area contributed by atoms with Gasteiger partial charge >= 0.3 is 0 Å². The van der Waals surface area contributed by atoms with Gasteiger partial charge in [0.05, 0.1) is 22.8 Å². The van der Waals surface area contributed by atoms with Crippen molar-refractivity contribution in [2.45, 2.75) is 0 Å². The van der Waals surface area contributed by atoms with E-state index in [-0.39, 0.29) is 11.6 Å². The topological polar surface area (TPSA) is 24.7 Å². The van der Waals surface area contributed by atoms with Crippen LogP contribution in [0.2, 0.25) is 0 Å². The van der Waals surface area contributed by atoms with E-state index in [4.69, 9.17) is 9.98 Å². The second-order valence-electron chi connectivity index (χ2n) is 8.18. The van der Waals surface area contributed by atoms with Gasteiger partial charge in [-0.15, -0.1) is 0 Å². The smallest absolute Gasteiger partial charge is 0.123 e. The number of rotatable bonds is 6. The molecule has 0 aliphatic carbocycles. The summed E-state index contributed by atoms with van der Waals surface area (Å²) in [5.74, 6) is -0.576. The highest BCUT2D eigenvalue weighted by Crippen LogP contribution is 2.24. The molecular formula is C32H22F2N2. The van der Waals surface area contributed by atoms with Crippen molar-refractivity contribution in [3.05, 3.63) is 167 Å². The van der Waals surface area contributed by atoms with E-state index >= 15 is 0 Å². The van der Waals surface area contributed by atoms with Crippen LogP contribution in [0.25, 0.3) is 0 Å². The normalized spacial score (nSPS) is 11.9. The molecule has 0 fully saturated rings. The van der Waals surface area contributed by atoms with Crippen molar-refractivity contribution in [1.29, 1.82) is 0 Å². The number of halogens is 2. The Morgan fingerprint density at radius 3 is 1.00 bits per heavy atom. The maximum atomic E-state index is 13.5. The summed E-state index contributed by atoms with van der Waals surface area (Å²) >= 11 is 0. The molecular weight excluding hydrogens is 450 g/mol. The Balaban J connectivity index is 1.52. The highest BCUT2D eigenvalue weighted by molar-refractivity contribution is 6.14. The molecule has 0 spiro atoms. The molecule has 2 nitrogen and oxygen atoms in total. The molecule has 5 rings (SSSR count). The summed E-state index contributed by atoms with van der Waals surface area (Å²) in [5, 5.41) is 0. The number of nitrogens with zero attached hydrogens (tertiary/aromatic N) is 2. The lowest BCUT2D eigenvalue weighted by molar-refractivity contribution is 0.627. The summed E-state index contributed by atoms with van der Waals surface area (Å²) in [6.45, 7) is 0. The molecule has 0 atom stereocenters. The number of hydrogen-bond acceptors (Lipinski definition) is 2. The minimum Gasteiger partial charge on any atom is -0.248 e. The molecule has 0 saturated heterocycles. The summed E-state index contributed by atoms with van der Waals surface area (Å²) in [6, 6.07) is 39.9. The Labute approximate surface area is 209 Å². The Kier molecular flexibility index (Phi) is 6.86. The lowest BCUT2D eigenvalue weighted by Crippen LogP contribution is -2.03. The maximum Gasteiger partial charge on any atom is 0.123 e. The van der Waals surface area contributed by atoms with Crippen LogP contribution in [0.1, 0.15) is 22.3 Å². The predicted octanol–water partition coefficient (Wildman–Crippen LogP) is 8.30. The SMILES string of the molecule is Fc1ccc(C(=Nc2ccc(N=C(c3ccccc3)c3ccc(F)cc3)cc2)c2ccccc2)cc1. The quantitative estimate of drug-likeness (QED) is 0.222. The zero-order chi connectivity index (χ0) is 24.7. The van der Waals surface area contributed by atoms with E-state index in [1.54, 1.807) is 24.3 Å². The van der Waals surface area contributed by atoms with Gasteiger partial charge in [-0.2, -0.15) is 0 Å². The highest BCUT2D eigenvalue weighted by atomic mass is 19.1. The van der Waals surface area contributed by atoms with E-state index in [0.717, 1.165) is 45.1 Å². The van der Waals surface area contributed by atoms with E-state index < -0.39 is 0 Å². The highest BCUT2D eigenvalue weighted by Gasteiger charge is 2.09. The number of hydrogen-bond donors (Lipinski definition) is 0. The molecule has 0 aliphatic rings. The van der Waals surface area contributed by atoms with Crippen LogP contribution in [0.5, 0.6) is 0 Å². The first-order valence-electron chi connectivity index (χ1n) is 11.6. The fourth-order valence-electron chi connectivity index (χ4n) is 3.86. The molecule has 0 bridgehead atoms. The van der Waals surface area contributed by atoms with Crippen molar-refractivity contribution in [2.24, 2.45) is 9.98 Å². The largest absolute Gasteiger partial charge is 0.248 e. The molecule has 0 unspecified atom stereocenters. The molecule has 0 heterocycles. The van der Waals surface area contributed by atoms with Gasteiger partial charge in [-0.3, -0.25) is 0 Å². The van der Waals surface area contributed by atoms with Gasteiger partial charge in [0.1, 0.15) is 11.6 Å². The van der Waals surface area contributed by atoms with Gasteiger partial charge in [0.25, 0.3) is 0 Å². The first kappa shape index (κ1) is 23.1. The van der Waals surface area contributed by atoms with Crippen LogP contribution in [-0.4, -0.2) is 11.4 Å². The van der Waals surface area contributed by atoms with Gasteiger partial charge in [-0.1, -0.05) is 60.7 Å². The molecule has 0 saturated carbocycles.